The molecule has 3 aromatic rings. The molecular weight excluding hydrogens is 554 g/mol. The van der Waals surface area contributed by atoms with Crippen LogP contribution in [0.5, 0.6) is 0 Å². The molecule has 0 aromatic carbocycles. The summed E-state index contributed by atoms with van der Waals surface area (Å²) in [5.41, 5.74) is 7.86. The van der Waals surface area contributed by atoms with Gasteiger partial charge in [-0.2, -0.15) is 55.4 Å². The Morgan fingerprint density at radius 3 is 0.854 bits per heavy atom. The normalized spacial score (nSPS) is 8.59. The summed E-state index contributed by atoms with van der Waals surface area (Å²) in [6.07, 6.45) is 8.05. The summed E-state index contributed by atoms with van der Waals surface area (Å²) in [7, 11) is 0. The van der Waals surface area contributed by atoms with Crippen molar-refractivity contribution in [3.8, 4) is 0 Å². The molecule has 5 heteroatoms. The molecule has 41 heavy (non-hydrogen) atoms. The predicted molar refractivity (Wildman–Crippen MR) is 187 cm³/mol. The fourth-order valence-electron chi connectivity index (χ4n) is 2.94. The van der Waals surface area contributed by atoms with Gasteiger partial charge in [-0.25, -0.2) is 9.97 Å². The molecule has 5 rings (SSSR count). The van der Waals surface area contributed by atoms with E-state index in [-0.39, 0.29) is 19.5 Å². The first kappa shape index (κ1) is 48.0. The van der Waals surface area contributed by atoms with Crippen LogP contribution in [0.15, 0.2) is 48.5 Å². The summed E-state index contributed by atoms with van der Waals surface area (Å²) in [6.45, 7) is 40.0. The van der Waals surface area contributed by atoms with Crippen LogP contribution in [0.25, 0.3) is 46.4 Å². The van der Waals surface area contributed by atoms with Crippen LogP contribution in [0.2, 0.25) is 0 Å². The Bertz CT molecular complexity index is 1080. The number of rotatable bonds is 0. The number of nitrogens with one attached hydrogen (secondary N) is 2. The van der Waals surface area contributed by atoms with E-state index in [2.05, 4.69) is 106 Å². The topological polar surface area (TPSA) is 57.4 Å². The molecule has 2 aliphatic rings. The van der Waals surface area contributed by atoms with E-state index in [9.17, 15) is 0 Å². The summed E-state index contributed by atoms with van der Waals surface area (Å²) in [5.74, 6) is 0. The van der Waals surface area contributed by atoms with Gasteiger partial charge in [-0.3, -0.25) is 0 Å². The van der Waals surface area contributed by atoms with E-state index in [4.69, 9.17) is 0 Å². The quantitative estimate of drug-likeness (QED) is 0.136. The Balaban J connectivity index is -0.000000222. The number of aromatic nitrogens is 4. The number of hydrogen-bond acceptors (Lipinski definition) is 2. The van der Waals surface area contributed by atoms with Crippen LogP contribution in [0.1, 0.15) is 78.2 Å². The SMILES string of the molecule is C1=Cc2cc3ccc(cc4ccc(cc5nc(cc1n2)C=C5)[nH]4)[nH]3.[CH2-]C.[CH2-]C.[CH2-]C.[CH2-]C.[CH2-]C.[CH2-]C.[CH2-]C.[CH2-]C.[Zn]. The summed E-state index contributed by atoms with van der Waals surface area (Å²) in [6, 6.07) is 16.4. The van der Waals surface area contributed by atoms with Crippen molar-refractivity contribution in [2.24, 2.45) is 0 Å². The van der Waals surface area contributed by atoms with Crippen LogP contribution < -0.4 is 0 Å². The van der Waals surface area contributed by atoms with Crippen LogP contribution in [0.3, 0.4) is 0 Å². The Kier molecular flexibility index (Phi) is 41.3. The van der Waals surface area contributed by atoms with Gasteiger partial charge in [0.2, 0.25) is 0 Å². The van der Waals surface area contributed by atoms with Crippen LogP contribution in [-0.2, 0) is 19.5 Å². The smallest absolute Gasteiger partial charge is 0.0659 e. The van der Waals surface area contributed by atoms with Gasteiger partial charge >= 0.3 is 0 Å². The maximum Gasteiger partial charge on any atom is 0.0659 e. The summed E-state index contributed by atoms with van der Waals surface area (Å²) in [4.78, 5) is 16.0. The Morgan fingerprint density at radius 2 is 0.585 bits per heavy atom. The molecule has 4 nitrogen and oxygen atoms in total. The van der Waals surface area contributed by atoms with E-state index < -0.39 is 0 Å². The molecule has 2 aliphatic heterocycles. The minimum Gasteiger partial charge on any atom is -0.355 e. The number of H-pyrrole nitrogens is 2. The molecule has 0 radical (unpaired) electrons. The minimum absolute atomic E-state index is 0. The average molecular weight is 608 g/mol. The Hall–Kier alpha value is -2.78. The average Bonchev–Trinajstić information content (AvgIpc) is 3.88. The molecule has 0 unspecified atom stereocenters. The summed E-state index contributed by atoms with van der Waals surface area (Å²) >= 11 is 0. The van der Waals surface area contributed by atoms with E-state index in [1.807, 2.05) is 42.5 Å². The van der Waals surface area contributed by atoms with Gasteiger partial charge in [-0.15, -0.1) is 0 Å². The van der Waals surface area contributed by atoms with Gasteiger partial charge in [-0.1, -0.05) is 0 Å². The zero-order valence-corrected chi connectivity index (χ0v) is 30.2. The van der Waals surface area contributed by atoms with Crippen LogP contribution in [-0.4, -0.2) is 19.9 Å². The van der Waals surface area contributed by atoms with Gasteiger partial charge < -0.3 is 65.4 Å². The van der Waals surface area contributed by atoms with Crippen molar-refractivity contribution >= 4 is 46.4 Å². The molecule has 0 saturated heterocycles. The van der Waals surface area contributed by atoms with E-state index >= 15 is 0 Å². The zero-order valence-electron chi connectivity index (χ0n) is 27.2. The number of nitrogens with zero attached hydrogens (tertiary/aromatic N) is 2. The van der Waals surface area contributed by atoms with Gasteiger partial charge in [0.05, 0.1) is 22.8 Å². The fourth-order valence-corrected chi connectivity index (χ4v) is 2.94. The van der Waals surface area contributed by atoms with E-state index in [0.717, 1.165) is 44.8 Å². The number of hydrogen-bond donors (Lipinski definition) is 2. The van der Waals surface area contributed by atoms with Gasteiger partial charge in [0.15, 0.2) is 0 Å². The molecule has 0 spiro atoms. The van der Waals surface area contributed by atoms with Gasteiger partial charge in [0.25, 0.3) is 0 Å². The van der Waals surface area contributed by atoms with Crippen molar-refractivity contribution in [2.45, 2.75) is 55.4 Å². The molecule has 3 aromatic heterocycles. The standard InChI is InChI=1S/C20H14N4.8C2H5.Zn/c1-2-14-10-16-5-6-18(23-16)12-20-8-7-19(24-20)11-17-4-3-15(22-17)9-13(1)21-14;8*1-2;/h1-12,21-22H;8*1H2,2H3;/q;8*-1;. The third kappa shape index (κ3) is 19.1. The first-order valence-electron chi connectivity index (χ1n) is 13.5. The second kappa shape index (κ2) is 35.3. The predicted octanol–water partition coefficient (Wildman–Crippen LogP) is 11.4. The monoisotopic (exact) mass is 606 g/mol. The second-order valence-electron chi connectivity index (χ2n) is 5.91. The van der Waals surface area contributed by atoms with E-state index in [1.54, 1.807) is 55.4 Å². The fraction of sp³-hybridized carbons (Fsp3) is 0.222. The first-order chi connectivity index (χ1) is 19.8. The molecule has 2 N–H and O–H groups in total. The minimum atomic E-state index is 0. The molecule has 0 saturated carbocycles. The molecule has 8 bridgehead atoms. The summed E-state index contributed by atoms with van der Waals surface area (Å²) in [5, 5.41) is 0. The molecule has 228 valence electrons. The van der Waals surface area contributed by atoms with Crippen molar-refractivity contribution in [3.63, 3.8) is 0 Å². The van der Waals surface area contributed by atoms with E-state index in [0.29, 0.717) is 0 Å². The third-order valence-corrected chi connectivity index (χ3v) is 4.04. The first-order valence-corrected chi connectivity index (χ1v) is 13.5. The Morgan fingerprint density at radius 1 is 0.366 bits per heavy atom. The van der Waals surface area contributed by atoms with Crippen molar-refractivity contribution in [2.75, 3.05) is 0 Å². The molecular formula is C36H54N4Zn-8. The van der Waals surface area contributed by atoms with Crippen molar-refractivity contribution < 1.29 is 19.5 Å². The van der Waals surface area contributed by atoms with Crippen LogP contribution in [0.4, 0.5) is 0 Å². The Labute approximate surface area is 267 Å². The van der Waals surface area contributed by atoms with Gasteiger partial charge in [0.1, 0.15) is 0 Å². The zero-order chi connectivity index (χ0) is 31.9. The summed E-state index contributed by atoms with van der Waals surface area (Å²) < 4.78 is 0. The maximum absolute atomic E-state index is 4.62. The van der Waals surface area contributed by atoms with Gasteiger partial charge in [-0.05, 0) is 72.8 Å². The molecule has 0 atom stereocenters. The number of fused-ring (bicyclic) bond motifs is 8. The van der Waals surface area contributed by atoms with Crippen molar-refractivity contribution in [3.05, 3.63) is 127 Å². The van der Waals surface area contributed by atoms with Crippen LogP contribution in [0, 0.1) is 55.4 Å². The molecule has 0 amide bonds. The third-order valence-electron chi connectivity index (χ3n) is 4.04. The molecule has 5 heterocycles. The molecule has 0 aliphatic carbocycles. The largest absolute Gasteiger partial charge is 0.355 e. The van der Waals surface area contributed by atoms with Gasteiger partial charge in [0, 0.05) is 41.5 Å². The molecule has 0 fully saturated rings. The van der Waals surface area contributed by atoms with Crippen LogP contribution >= 0.6 is 0 Å². The maximum atomic E-state index is 4.62. The van der Waals surface area contributed by atoms with Crippen molar-refractivity contribution in [1.82, 2.24) is 19.9 Å². The second-order valence-corrected chi connectivity index (χ2v) is 5.91. The number of aromatic amines is 2. The van der Waals surface area contributed by atoms with Crippen molar-refractivity contribution in [1.29, 1.82) is 0 Å². The van der Waals surface area contributed by atoms with E-state index in [1.165, 1.54) is 0 Å².